The molecule has 0 unspecified atom stereocenters. The smallest absolute Gasteiger partial charge is 0.405 e. The van der Waals surface area contributed by atoms with Gasteiger partial charge in [-0.1, -0.05) is 11.8 Å². The molecular formula is C17H18N4O3S2. The number of methoxy groups -OCH3 is 1. The van der Waals surface area contributed by atoms with Gasteiger partial charge in [0.05, 0.1) is 30.3 Å². The third-order valence-electron chi connectivity index (χ3n) is 3.55. The number of carbonyl (C=O) groups is 1. The van der Waals surface area contributed by atoms with Crippen LogP contribution in [0.25, 0.3) is 11.1 Å². The van der Waals surface area contributed by atoms with Crippen LogP contribution in [0.2, 0.25) is 0 Å². The Morgan fingerprint density at radius 1 is 1.35 bits per heavy atom. The Morgan fingerprint density at radius 2 is 2.19 bits per heavy atom. The maximum atomic E-state index is 10.6. The number of benzene rings is 1. The molecule has 136 valence electrons. The average Bonchev–Trinajstić information content (AvgIpc) is 3.29. The van der Waals surface area contributed by atoms with Crippen LogP contribution in [0.1, 0.15) is 11.9 Å². The van der Waals surface area contributed by atoms with Gasteiger partial charge in [-0.05, 0) is 30.7 Å². The number of aromatic nitrogens is 3. The highest BCUT2D eigenvalue weighted by Crippen LogP contribution is 2.36. The molecule has 0 bridgehead atoms. The Kier molecular flexibility index (Phi) is 5.79. The van der Waals surface area contributed by atoms with Gasteiger partial charge in [0, 0.05) is 23.2 Å². The summed E-state index contributed by atoms with van der Waals surface area (Å²) in [5.74, 6) is 0.770. The summed E-state index contributed by atoms with van der Waals surface area (Å²) in [6, 6.07) is 6.03. The summed E-state index contributed by atoms with van der Waals surface area (Å²) < 4.78 is 8.29. The zero-order valence-electron chi connectivity index (χ0n) is 14.3. The van der Waals surface area contributed by atoms with Crippen LogP contribution in [0, 0.1) is 0 Å². The van der Waals surface area contributed by atoms with Crippen LogP contribution in [0.4, 0.5) is 4.79 Å². The lowest BCUT2D eigenvalue weighted by Gasteiger charge is -2.07. The Balaban J connectivity index is 1.81. The SMILES string of the molecule is CCn1cc(-c2cc(OC)cc(Sc3cnc(CNC(=O)O)s3)c2)cn1. The quantitative estimate of drug-likeness (QED) is 0.635. The van der Waals surface area contributed by atoms with Crippen molar-refractivity contribution in [3.8, 4) is 16.9 Å². The van der Waals surface area contributed by atoms with Gasteiger partial charge in [-0.25, -0.2) is 9.78 Å². The lowest BCUT2D eigenvalue weighted by Crippen LogP contribution is -2.19. The highest BCUT2D eigenvalue weighted by molar-refractivity contribution is 8.01. The van der Waals surface area contributed by atoms with Crippen LogP contribution in [-0.4, -0.2) is 33.1 Å². The van der Waals surface area contributed by atoms with Crippen molar-refractivity contribution in [2.75, 3.05) is 7.11 Å². The fourth-order valence-electron chi connectivity index (χ4n) is 2.29. The second kappa shape index (κ2) is 8.24. The maximum absolute atomic E-state index is 10.6. The van der Waals surface area contributed by atoms with E-state index in [1.807, 2.05) is 36.1 Å². The Morgan fingerprint density at radius 3 is 2.88 bits per heavy atom. The lowest BCUT2D eigenvalue weighted by atomic mass is 10.1. The van der Waals surface area contributed by atoms with Gasteiger partial charge >= 0.3 is 6.09 Å². The number of rotatable bonds is 7. The van der Waals surface area contributed by atoms with Crippen LogP contribution in [0.3, 0.4) is 0 Å². The first-order chi connectivity index (χ1) is 12.6. The number of hydrogen-bond acceptors (Lipinski definition) is 6. The molecule has 0 spiro atoms. The van der Waals surface area contributed by atoms with Gasteiger partial charge < -0.3 is 15.2 Å². The van der Waals surface area contributed by atoms with Crippen LogP contribution >= 0.6 is 23.1 Å². The van der Waals surface area contributed by atoms with Crippen molar-refractivity contribution in [2.24, 2.45) is 0 Å². The summed E-state index contributed by atoms with van der Waals surface area (Å²) in [5.41, 5.74) is 2.06. The normalized spacial score (nSPS) is 10.7. The first-order valence-corrected chi connectivity index (χ1v) is 9.52. The molecule has 0 fully saturated rings. The summed E-state index contributed by atoms with van der Waals surface area (Å²) >= 11 is 3.03. The van der Waals surface area contributed by atoms with E-state index in [0.29, 0.717) is 0 Å². The molecule has 2 N–H and O–H groups in total. The minimum Gasteiger partial charge on any atom is -0.497 e. The molecule has 0 aliphatic carbocycles. The van der Waals surface area contributed by atoms with Gasteiger partial charge in [0.25, 0.3) is 0 Å². The molecule has 0 saturated carbocycles. The molecule has 3 aromatic rings. The predicted molar refractivity (Wildman–Crippen MR) is 101 cm³/mol. The molecule has 2 aromatic heterocycles. The summed E-state index contributed by atoms with van der Waals surface area (Å²) in [5, 5.41) is 16.0. The number of aryl methyl sites for hydroxylation is 1. The van der Waals surface area contributed by atoms with Crippen molar-refractivity contribution in [2.45, 2.75) is 29.1 Å². The van der Waals surface area contributed by atoms with Gasteiger partial charge in [0.15, 0.2) is 0 Å². The Hall–Kier alpha value is -2.52. The van der Waals surface area contributed by atoms with Crippen molar-refractivity contribution in [3.63, 3.8) is 0 Å². The second-order valence-electron chi connectivity index (χ2n) is 5.32. The molecule has 0 saturated heterocycles. The average molecular weight is 390 g/mol. The molecular weight excluding hydrogens is 372 g/mol. The second-order valence-corrected chi connectivity index (χ2v) is 7.80. The molecule has 1 aromatic carbocycles. The van der Waals surface area contributed by atoms with Gasteiger partial charge in [0.1, 0.15) is 10.8 Å². The van der Waals surface area contributed by atoms with E-state index >= 15 is 0 Å². The lowest BCUT2D eigenvalue weighted by molar-refractivity contribution is 0.194. The molecule has 9 heteroatoms. The number of nitrogens with one attached hydrogen (secondary N) is 1. The Bertz CT molecular complexity index is 907. The molecule has 3 rings (SSSR count). The number of carboxylic acid groups (broad SMARTS) is 1. The van der Waals surface area contributed by atoms with Crippen LogP contribution in [-0.2, 0) is 13.1 Å². The van der Waals surface area contributed by atoms with E-state index in [0.717, 1.165) is 37.5 Å². The van der Waals surface area contributed by atoms with Gasteiger partial charge in [-0.3, -0.25) is 4.68 Å². The number of hydrogen-bond donors (Lipinski definition) is 2. The zero-order chi connectivity index (χ0) is 18.5. The van der Waals surface area contributed by atoms with Crippen LogP contribution in [0.5, 0.6) is 5.75 Å². The van der Waals surface area contributed by atoms with Gasteiger partial charge in [0.2, 0.25) is 0 Å². The van der Waals surface area contributed by atoms with E-state index in [9.17, 15) is 4.79 Å². The summed E-state index contributed by atoms with van der Waals surface area (Å²) in [4.78, 5) is 15.8. The van der Waals surface area contributed by atoms with E-state index in [1.54, 1.807) is 25.1 Å². The highest BCUT2D eigenvalue weighted by Gasteiger charge is 2.10. The third kappa shape index (κ3) is 4.55. The fourth-order valence-corrected chi connectivity index (χ4v) is 4.32. The van der Waals surface area contributed by atoms with Crippen molar-refractivity contribution in [1.82, 2.24) is 20.1 Å². The molecule has 0 aliphatic rings. The summed E-state index contributed by atoms with van der Waals surface area (Å²) in [6.07, 6.45) is 4.54. The van der Waals surface area contributed by atoms with E-state index in [-0.39, 0.29) is 6.54 Å². The first kappa shape index (κ1) is 18.3. The van der Waals surface area contributed by atoms with Crippen molar-refractivity contribution >= 4 is 29.2 Å². The molecule has 2 heterocycles. The first-order valence-electron chi connectivity index (χ1n) is 7.88. The molecule has 1 amide bonds. The van der Waals surface area contributed by atoms with Gasteiger partial charge in [-0.2, -0.15) is 5.10 Å². The van der Waals surface area contributed by atoms with E-state index in [4.69, 9.17) is 9.84 Å². The molecule has 26 heavy (non-hydrogen) atoms. The van der Waals surface area contributed by atoms with Crippen molar-refractivity contribution < 1.29 is 14.6 Å². The van der Waals surface area contributed by atoms with Crippen LogP contribution < -0.4 is 10.1 Å². The van der Waals surface area contributed by atoms with E-state index in [1.165, 1.54) is 11.3 Å². The maximum Gasteiger partial charge on any atom is 0.405 e. The Labute approximate surface area is 159 Å². The van der Waals surface area contributed by atoms with Crippen molar-refractivity contribution in [1.29, 1.82) is 0 Å². The van der Waals surface area contributed by atoms with E-state index in [2.05, 4.69) is 21.5 Å². The number of thiazole rings is 1. The standard InChI is InChI=1S/C17H18N4O3S2/c1-3-21-10-12(7-20-21)11-4-13(24-2)6-14(5-11)25-16-9-18-15(26-16)8-19-17(22)23/h4-7,9-10,19H,3,8H2,1-2H3,(H,22,23). The predicted octanol–water partition coefficient (Wildman–Crippen LogP) is 3.95. The monoisotopic (exact) mass is 390 g/mol. The number of nitrogens with zero attached hydrogens (tertiary/aromatic N) is 3. The number of amides is 1. The molecule has 0 atom stereocenters. The summed E-state index contributed by atoms with van der Waals surface area (Å²) in [6.45, 7) is 3.07. The molecule has 0 aliphatic heterocycles. The highest BCUT2D eigenvalue weighted by atomic mass is 32.2. The third-order valence-corrected chi connectivity index (χ3v) is 5.62. The summed E-state index contributed by atoms with van der Waals surface area (Å²) in [7, 11) is 1.64. The topological polar surface area (TPSA) is 89.3 Å². The minimum absolute atomic E-state index is 0.208. The van der Waals surface area contributed by atoms with Crippen molar-refractivity contribution in [3.05, 3.63) is 41.8 Å². The van der Waals surface area contributed by atoms with Gasteiger partial charge in [-0.15, -0.1) is 11.3 Å². The molecule has 7 nitrogen and oxygen atoms in total. The van der Waals surface area contributed by atoms with E-state index < -0.39 is 6.09 Å². The fraction of sp³-hybridized carbons (Fsp3) is 0.235. The molecule has 0 radical (unpaired) electrons. The largest absolute Gasteiger partial charge is 0.497 e. The van der Waals surface area contributed by atoms with Crippen LogP contribution in [0.15, 0.2) is 45.9 Å². The zero-order valence-corrected chi connectivity index (χ0v) is 15.9. The minimum atomic E-state index is -1.06. The number of ether oxygens (including phenoxy) is 1.